The van der Waals surface area contributed by atoms with Crippen LogP contribution in [0.2, 0.25) is 0 Å². The number of anilines is 1. The zero-order chi connectivity index (χ0) is 16.2. The van der Waals surface area contributed by atoms with Crippen LogP contribution in [0.1, 0.15) is 23.6 Å². The fourth-order valence-corrected chi connectivity index (χ4v) is 2.02. The predicted octanol–water partition coefficient (Wildman–Crippen LogP) is 3.34. The van der Waals surface area contributed by atoms with Crippen molar-refractivity contribution in [3.05, 3.63) is 27.2 Å². The zero-order valence-corrected chi connectivity index (χ0v) is 13.0. The van der Waals surface area contributed by atoms with Gasteiger partial charge in [-0.2, -0.15) is 13.2 Å². The summed E-state index contributed by atoms with van der Waals surface area (Å²) >= 11 is 3.04. The molecule has 0 heterocycles. The molecule has 0 aromatic heterocycles. The number of hydrogen-bond acceptors (Lipinski definition) is 4. The highest BCUT2D eigenvalue weighted by Gasteiger charge is 2.34. The lowest BCUT2D eigenvalue weighted by Crippen LogP contribution is -2.13. The summed E-state index contributed by atoms with van der Waals surface area (Å²) in [5, 5.41) is 0. The summed E-state index contributed by atoms with van der Waals surface area (Å²) in [5.41, 5.74) is 4.99. The van der Waals surface area contributed by atoms with Crippen molar-refractivity contribution >= 4 is 33.8 Å². The number of nitrogens with two attached hydrogens (primary N) is 1. The Kier molecular flexibility index (Phi) is 5.77. The SMILES string of the molecule is CCOC(=O)CN=Cc1c(C(F)(F)F)cc(Br)c(C)c1N. The molecule has 2 N–H and O–H groups in total. The number of ether oxygens (including phenoxy) is 1. The molecule has 0 atom stereocenters. The van der Waals surface area contributed by atoms with E-state index in [1.165, 1.54) is 0 Å². The van der Waals surface area contributed by atoms with E-state index in [4.69, 9.17) is 5.73 Å². The normalized spacial score (nSPS) is 11.9. The Morgan fingerprint density at radius 2 is 2.14 bits per heavy atom. The molecule has 116 valence electrons. The molecule has 0 radical (unpaired) electrons. The van der Waals surface area contributed by atoms with Gasteiger partial charge in [0.2, 0.25) is 0 Å². The molecule has 0 aliphatic rings. The Balaban J connectivity index is 3.19. The van der Waals surface area contributed by atoms with E-state index in [1.54, 1.807) is 13.8 Å². The van der Waals surface area contributed by atoms with Crippen LogP contribution in [0.3, 0.4) is 0 Å². The number of hydrogen-bond donors (Lipinski definition) is 1. The largest absolute Gasteiger partial charge is 0.465 e. The van der Waals surface area contributed by atoms with Crippen LogP contribution in [0.15, 0.2) is 15.5 Å². The summed E-state index contributed by atoms with van der Waals surface area (Å²) in [6.07, 6.45) is -3.62. The quantitative estimate of drug-likeness (QED) is 0.504. The van der Waals surface area contributed by atoms with Crippen molar-refractivity contribution in [2.45, 2.75) is 20.0 Å². The Morgan fingerprint density at radius 1 is 1.52 bits per heavy atom. The van der Waals surface area contributed by atoms with Crippen LogP contribution in [0.4, 0.5) is 18.9 Å². The summed E-state index contributed by atoms with van der Waals surface area (Å²) in [7, 11) is 0. The molecular weight excluding hydrogens is 353 g/mol. The lowest BCUT2D eigenvalue weighted by atomic mass is 10.0. The number of halogens is 4. The molecule has 4 nitrogen and oxygen atoms in total. The van der Waals surface area contributed by atoms with Crippen LogP contribution in [0, 0.1) is 6.92 Å². The van der Waals surface area contributed by atoms with E-state index < -0.39 is 17.7 Å². The molecule has 0 spiro atoms. The number of esters is 1. The molecule has 21 heavy (non-hydrogen) atoms. The molecule has 8 heteroatoms. The minimum Gasteiger partial charge on any atom is -0.465 e. The fourth-order valence-electron chi connectivity index (χ4n) is 1.58. The number of carbonyl (C=O) groups is 1. The second-order valence-electron chi connectivity index (χ2n) is 4.13. The number of nitrogens with zero attached hydrogens (tertiary/aromatic N) is 1. The number of aliphatic imine (C=N–C) groups is 1. The monoisotopic (exact) mass is 366 g/mol. The van der Waals surface area contributed by atoms with E-state index in [1.807, 2.05) is 0 Å². The van der Waals surface area contributed by atoms with Gasteiger partial charge in [-0.05, 0) is 25.5 Å². The maximum absolute atomic E-state index is 13.0. The number of benzene rings is 1. The molecule has 0 unspecified atom stereocenters. The van der Waals surface area contributed by atoms with Gasteiger partial charge >= 0.3 is 12.1 Å². The van der Waals surface area contributed by atoms with Gasteiger partial charge in [0, 0.05) is 21.9 Å². The van der Waals surface area contributed by atoms with Crippen LogP contribution >= 0.6 is 15.9 Å². The van der Waals surface area contributed by atoms with Gasteiger partial charge in [0.05, 0.1) is 12.2 Å². The smallest absolute Gasteiger partial charge is 0.417 e. The summed E-state index contributed by atoms with van der Waals surface area (Å²) in [5.74, 6) is -0.616. The van der Waals surface area contributed by atoms with Crippen LogP contribution in [-0.2, 0) is 15.7 Å². The molecule has 0 amide bonds. The lowest BCUT2D eigenvalue weighted by molar-refractivity contribution is -0.141. The molecule has 0 saturated carbocycles. The van der Waals surface area contributed by atoms with E-state index in [9.17, 15) is 18.0 Å². The molecule has 1 aromatic rings. The molecule has 1 aromatic carbocycles. The topological polar surface area (TPSA) is 64.7 Å². The average Bonchev–Trinajstić information content (AvgIpc) is 2.37. The second kappa shape index (κ2) is 6.93. The number of nitrogen functional groups attached to an aromatic ring is 1. The fraction of sp³-hybridized carbons (Fsp3) is 0.385. The predicted molar refractivity (Wildman–Crippen MR) is 77.4 cm³/mol. The van der Waals surface area contributed by atoms with Gasteiger partial charge in [0.1, 0.15) is 6.54 Å². The first-order chi connectivity index (χ1) is 9.68. The van der Waals surface area contributed by atoms with Crippen molar-refractivity contribution in [3.8, 4) is 0 Å². The lowest BCUT2D eigenvalue weighted by Gasteiger charge is -2.15. The Morgan fingerprint density at radius 3 is 2.67 bits per heavy atom. The summed E-state index contributed by atoms with van der Waals surface area (Å²) in [6, 6.07) is 0.942. The highest BCUT2D eigenvalue weighted by molar-refractivity contribution is 9.10. The van der Waals surface area contributed by atoms with Gasteiger partial charge in [0.25, 0.3) is 0 Å². The van der Waals surface area contributed by atoms with Gasteiger partial charge in [-0.25, -0.2) is 0 Å². The van der Waals surface area contributed by atoms with Crippen molar-refractivity contribution in [2.24, 2.45) is 4.99 Å². The first kappa shape index (κ1) is 17.5. The molecule has 0 fully saturated rings. The van der Waals surface area contributed by atoms with Crippen molar-refractivity contribution < 1.29 is 22.7 Å². The van der Waals surface area contributed by atoms with E-state index in [0.717, 1.165) is 12.3 Å². The summed E-state index contributed by atoms with van der Waals surface area (Å²) in [6.45, 7) is 3.03. The van der Waals surface area contributed by atoms with Gasteiger partial charge < -0.3 is 10.5 Å². The molecule has 0 bridgehead atoms. The second-order valence-corrected chi connectivity index (χ2v) is 4.99. The molecular formula is C13H14BrF3N2O2. The molecule has 0 aliphatic carbocycles. The van der Waals surface area contributed by atoms with Gasteiger partial charge in [-0.15, -0.1) is 0 Å². The average molecular weight is 367 g/mol. The summed E-state index contributed by atoms with van der Waals surface area (Å²) in [4.78, 5) is 14.8. The Labute approximate surface area is 128 Å². The van der Waals surface area contributed by atoms with E-state index >= 15 is 0 Å². The van der Waals surface area contributed by atoms with Crippen LogP contribution in [0.5, 0.6) is 0 Å². The third-order valence-corrected chi connectivity index (χ3v) is 3.49. The highest BCUT2D eigenvalue weighted by atomic mass is 79.9. The molecule has 1 rings (SSSR count). The van der Waals surface area contributed by atoms with E-state index in [2.05, 4.69) is 25.7 Å². The minimum absolute atomic E-state index is 0.0377. The van der Waals surface area contributed by atoms with Crippen molar-refractivity contribution in [1.82, 2.24) is 0 Å². The maximum Gasteiger partial charge on any atom is 0.417 e. The molecule has 0 saturated heterocycles. The number of rotatable bonds is 4. The number of alkyl halides is 3. The van der Waals surface area contributed by atoms with Gasteiger partial charge in [-0.1, -0.05) is 15.9 Å². The van der Waals surface area contributed by atoms with Crippen molar-refractivity contribution in [3.63, 3.8) is 0 Å². The van der Waals surface area contributed by atoms with E-state index in [-0.39, 0.29) is 28.9 Å². The third kappa shape index (κ3) is 4.45. The van der Waals surface area contributed by atoms with Gasteiger partial charge in [-0.3, -0.25) is 9.79 Å². The highest BCUT2D eigenvalue weighted by Crippen LogP contribution is 2.38. The minimum atomic E-state index is -4.57. The Bertz CT molecular complexity index is 572. The van der Waals surface area contributed by atoms with Crippen LogP contribution in [-0.4, -0.2) is 25.3 Å². The number of carbonyl (C=O) groups excluding carboxylic acids is 1. The van der Waals surface area contributed by atoms with Gasteiger partial charge in [0.15, 0.2) is 0 Å². The first-order valence-electron chi connectivity index (χ1n) is 5.99. The third-order valence-electron chi connectivity index (χ3n) is 2.67. The first-order valence-corrected chi connectivity index (χ1v) is 6.79. The van der Waals surface area contributed by atoms with E-state index in [0.29, 0.717) is 5.56 Å². The van der Waals surface area contributed by atoms with Crippen molar-refractivity contribution in [2.75, 3.05) is 18.9 Å². The zero-order valence-electron chi connectivity index (χ0n) is 11.4. The Hall–Kier alpha value is -1.57. The maximum atomic E-state index is 13.0. The van der Waals surface area contributed by atoms with Crippen LogP contribution < -0.4 is 5.73 Å². The van der Waals surface area contributed by atoms with Crippen LogP contribution in [0.25, 0.3) is 0 Å². The summed E-state index contributed by atoms with van der Waals surface area (Å²) < 4.78 is 43.9. The molecule has 0 aliphatic heterocycles. The van der Waals surface area contributed by atoms with Crippen molar-refractivity contribution in [1.29, 1.82) is 0 Å². The standard InChI is InChI=1S/C13H14BrF3N2O2/c1-3-21-11(20)6-19-5-8-9(13(15,16)17)4-10(14)7(2)12(8)18/h4-5H,3,6,18H2,1-2H3.